The molecule has 0 aliphatic heterocycles. The van der Waals surface area contributed by atoms with Crippen LogP contribution in [-0.4, -0.2) is 29.0 Å². The van der Waals surface area contributed by atoms with E-state index in [1.165, 1.54) is 24.3 Å². The normalized spacial score (nSPS) is 11.7. The molecule has 1 aromatic carbocycles. The summed E-state index contributed by atoms with van der Waals surface area (Å²) in [5.41, 5.74) is 0.897. The molecule has 2 aromatic rings. The Kier molecular flexibility index (Phi) is 7.51. The molecule has 2 N–H and O–H groups in total. The smallest absolute Gasteiger partial charge is 0.387 e. The highest BCUT2D eigenvalue weighted by Crippen LogP contribution is 2.18. The van der Waals surface area contributed by atoms with E-state index in [-0.39, 0.29) is 28.7 Å². The molecule has 27 heavy (non-hydrogen) atoms. The number of aromatic nitrogens is 1. The fourth-order valence-electron chi connectivity index (χ4n) is 2.42. The van der Waals surface area contributed by atoms with Crippen molar-refractivity contribution in [1.29, 1.82) is 0 Å². The van der Waals surface area contributed by atoms with Gasteiger partial charge in [0.15, 0.2) is 17.4 Å². The molecule has 0 aliphatic rings. The summed E-state index contributed by atoms with van der Waals surface area (Å²) in [7, 11) is 0. The minimum atomic E-state index is -2.94. The highest BCUT2D eigenvalue weighted by atomic mass is 32.1. The monoisotopic (exact) mass is 393 g/mol. The van der Waals surface area contributed by atoms with E-state index in [0.29, 0.717) is 12.1 Å². The summed E-state index contributed by atoms with van der Waals surface area (Å²) >= 11 is 5.37. The molecule has 0 aliphatic carbocycles. The number of Topliss-reactive ketones (excluding diaryl/α,β-unsaturated/α-hetero) is 1. The lowest BCUT2D eigenvalue weighted by atomic mass is 10.0. The number of pyridine rings is 1. The van der Waals surface area contributed by atoms with Gasteiger partial charge >= 0.3 is 6.61 Å². The van der Waals surface area contributed by atoms with Crippen LogP contribution in [0.2, 0.25) is 0 Å². The summed E-state index contributed by atoms with van der Waals surface area (Å²) in [6.07, 6.45) is 4.90. The van der Waals surface area contributed by atoms with Crippen molar-refractivity contribution >= 4 is 23.0 Å². The average Bonchev–Trinajstić information content (AvgIpc) is 2.66. The van der Waals surface area contributed by atoms with Gasteiger partial charge in [-0.25, -0.2) is 0 Å². The maximum absolute atomic E-state index is 13.1. The third-order valence-corrected chi connectivity index (χ3v) is 4.01. The van der Waals surface area contributed by atoms with Gasteiger partial charge in [-0.1, -0.05) is 18.3 Å². The summed E-state index contributed by atoms with van der Waals surface area (Å²) in [5, 5.41) is 12.3. The number of aliphatic hydroxyl groups is 1. The van der Waals surface area contributed by atoms with Crippen molar-refractivity contribution in [2.24, 2.45) is 0 Å². The van der Waals surface area contributed by atoms with Gasteiger partial charge in [0.2, 0.25) is 5.78 Å². The van der Waals surface area contributed by atoms with Gasteiger partial charge < -0.3 is 15.2 Å². The van der Waals surface area contributed by atoms with Crippen molar-refractivity contribution < 1.29 is 28.0 Å². The minimum absolute atomic E-state index is 0.0413. The molecular formula is C19H19F2N2O3S+. The number of halogens is 2. The van der Waals surface area contributed by atoms with Crippen LogP contribution >= 0.6 is 12.2 Å². The predicted molar refractivity (Wildman–Crippen MR) is 99.8 cm³/mol. The zero-order chi connectivity index (χ0) is 19.8. The van der Waals surface area contributed by atoms with E-state index >= 15 is 0 Å². The molecule has 0 bridgehead atoms. The van der Waals surface area contributed by atoms with Crippen LogP contribution in [-0.2, 0) is 6.61 Å². The number of nitrogens with zero attached hydrogens (tertiary/aromatic N) is 1. The van der Waals surface area contributed by atoms with Gasteiger partial charge in [-0.05, 0) is 30.3 Å². The molecule has 0 saturated carbocycles. The molecule has 1 atom stereocenters. The lowest BCUT2D eigenvalue weighted by Gasteiger charge is -2.14. The lowest BCUT2D eigenvalue weighted by molar-refractivity contribution is -0.692. The lowest BCUT2D eigenvalue weighted by Crippen LogP contribution is -2.51. The number of alkyl halides is 2. The average molecular weight is 393 g/mol. The van der Waals surface area contributed by atoms with E-state index in [0.717, 1.165) is 0 Å². The van der Waals surface area contributed by atoms with Gasteiger partial charge in [0, 0.05) is 23.7 Å². The number of carbonyl (C=O) groups is 1. The number of carbonyl (C=O) groups excluding carboxylic acids is 1. The first-order chi connectivity index (χ1) is 13.0. The number of thiocarbonyl (C=S) groups is 1. The Morgan fingerprint density at radius 1 is 1.33 bits per heavy atom. The molecule has 0 radical (unpaired) electrons. The number of hydrogen-bond donors (Lipinski definition) is 2. The van der Waals surface area contributed by atoms with Gasteiger partial charge in [-0.2, -0.15) is 13.3 Å². The highest BCUT2D eigenvalue weighted by Gasteiger charge is 2.33. The second-order valence-electron chi connectivity index (χ2n) is 5.52. The molecule has 1 heterocycles. The SMILES string of the molecule is C=CCNC(=S)C(C(=O)c1ccc(OC(F)F)cc1)[n+]1cccc(CO)c1. The molecule has 0 saturated heterocycles. The minimum Gasteiger partial charge on any atom is -0.435 e. The summed E-state index contributed by atoms with van der Waals surface area (Å²) in [6.45, 7) is 0.861. The Morgan fingerprint density at radius 2 is 2.04 bits per heavy atom. The van der Waals surface area contributed by atoms with Crippen molar-refractivity contribution in [3.63, 3.8) is 0 Å². The number of rotatable bonds is 9. The molecule has 5 nitrogen and oxygen atoms in total. The number of ketones is 1. The molecule has 0 amide bonds. The number of aliphatic hydroxyl groups excluding tert-OH is 1. The first kappa shape index (κ1) is 20.6. The number of hydrogen-bond acceptors (Lipinski definition) is 4. The van der Waals surface area contributed by atoms with Crippen LogP contribution in [0.1, 0.15) is 22.0 Å². The van der Waals surface area contributed by atoms with Crippen LogP contribution in [0, 0.1) is 0 Å². The van der Waals surface area contributed by atoms with Crippen LogP contribution in [0.15, 0.2) is 61.4 Å². The van der Waals surface area contributed by atoms with Crippen LogP contribution in [0.3, 0.4) is 0 Å². The van der Waals surface area contributed by atoms with Crippen LogP contribution < -0.4 is 14.6 Å². The fourth-order valence-corrected chi connectivity index (χ4v) is 2.73. The van der Waals surface area contributed by atoms with Crippen molar-refractivity contribution in [2.75, 3.05) is 6.54 Å². The van der Waals surface area contributed by atoms with E-state index in [9.17, 15) is 18.7 Å². The van der Waals surface area contributed by atoms with Crippen LogP contribution in [0.25, 0.3) is 0 Å². The van der Waals surface area contributed by atoms with Gasteiger partial charge in [0.05, 0.1) is 6.61 Å². The molecule has 2 rings (SSSR count). The van der Waals surface area contributed by atoms with E-state index in [2.05, 4.69) is 16.6 Å². The summed E-state index contributed by atoms with van der Waals surface area (Å²) < 4.78 is 30.4. The fraction of sp³-hybridized carbons (Fsp3) is 0.211. The number of nitrogens with one attached hydrogen (secondary N) is 1. The van der Waals surface area contributed by atoms with E-state index in [1.54, 1.807) is 35.2 Å². The van der Waals surface area contributed by atoms with Gasteiger partial charge in [0.25, 0.3) is 6.04 Å². The van der Waals surface area contributed by atoms with Crippen LogP contribution in [0.5, 0.6) is 5.75 Å². The van der Waals surface area contributed by atoms with Crippen molar-refractivity contribution in [2.45, 2.75) is 19.3 Å². The molecule has 0 spiro atoms. The number of ether oxygens (including phenoxy) is 1. The highest BCUT2D eigenvalue weighted by molar-refractivity contribution is 7.80. The first-order valence-corrected chi connectivity index (χ1v) is 8.45. The second-order valence-corrected chi connectivity index (χ2v) is 5.96. The molecule has 8 heteroatoms. The van der Waals surface area contributed by atoms with Crippen molar-refractivity contribution in [1.82, 2.24) is 5.32 Å². The second kappa shape index (κ2) is 9.84. The van der Waals surface area contributed by atoms with Crippen molar-refractivity contribution in [3.8, 4) is 5.75 Å². The summed E-state index contributed by atoms with van der Waals surface area (Å²) in [4.78, 5) is 13.3. The quantitative estimate of drug-likeness (QED) is 0.297. The van der Waals surface area contributed by atoms with Gasteiger partial charge in [0.1, 0.15) is 5.75 Å². The number of benzene rings is 1. The topological polar surface area (TPSA) is 62.4 Å². The largest absolute Gasteiger partial charge is 0.435 e. The van der Waals surface area contributed by atoms with Crippen molar-refractivity contribution in [3.05, 3.63) is 72.6 Å². The zero-order valence-corrected chi connectivity index (χ0v) is 15.2. The molecule has 0 fully saturated rings. The Balaban J connectivity index is 2.35. The van der Waals surface area contributed by atoms with E-state index in [1.807, 2.05) is 0 Å². The van der Waals surface area contributed by atoms with E-state index < -0.39 is 12.7 Å². The zero-order valence-electron chi connectivity index (χ0n) is 14.3. The first-order valence-electron chi connectivity index (χ1n) is 8.04. The standard InChI is InChI=1S/C19H18F2N2O3S/c1-2-9-22-18(27)16(23-10-3-4-13(11-23)12-24)17(25)14-5-7-15(8-6-14)26-19(20)21/h2-8,10-11,16,19,24H,1,9,12H2/p+1. The Labute approximate surface area is 160 Å². The Morgan fingerprint density at radius 3 is 2.63 bits per heavy atom. The Hall–Kier alpha value is -2.71. The maximum atomic E-state index is 13.1. The summed E-state index contributed by atoms with van der Waals surface area (Å²) in [5.74, 6) is -0.374. The van der Waals surface area contributed by atoms with E-state index in [4.69, 9.17) is 12.2 Å². The third-order valence-electron chi connectivity index (χ3n) is 3.65. The van der Waals surface area contributed by atoms with Crippen LogP contribution in [0.4, 0.5) is 8.78 Å². The van der Waals surface area contributed by atoms with Gasteiger partial charge in [-0.15, -0.1) is 6.58 Å². The summed E-state index contributed by atoms with van der Waals surface area (Å²) in [6, 6.07) is 7.94. The third kappa shape index (κ3) is 5.63. The maximum Gasteiger partial charge on any atom is 0.387 e. The molecule has 1 unspecified atom stereocenters. The predicted octanol–water partition coefficient (Wildman–Crippen LogP) is 2.59. The molecule has 142 valence electrons. The molecule has 1 aromatic heterocycles. The van der Waals surface area contributed by atoms with Gasteiger partial charge in [-0.3, -0.25) is 4.79 Å². The molecular weight excluding hydrogens is 374 g/mol. The Bertz CT molecular complexity index is 813.